The summed E-state index contributed by atoms with van der Waals surface area (Å²) >= 11 is 0. The molecule has 5 nitrogen and oxygen atoms in total. The van der Waals surface area contributed by atoms with Gasteiger partial charge in [0.25, 0.3) is 0 Å². The molecule has 2 aromatic rings. The van der Waals surface area contributed by atoms with E-state index in [2.05, 4.69) is 19.7 Å². The van der Waals surface area contributed by atoms with Crippen molar-refractivity contribution in [3.8, 4) is 0 Å². The predicted molar refractivity (Wildman–Crippen MR) is 64.5 cm³/mol. The third-order valence-corrected chi connectivity index (χ3v) is 1.86. The zero-order valence-electron chi connectivity index (χ0n) is 8.68. The summed E-state index contributed by atoms with van der Waals surface area (Å²) in [7, 11) is 1.32. The number of esters is 1. The van der Waals surface area contributed by atoms with Crippen LogP contribution in [0.3, 0.4) is 0 Å². The number of aryl methyl sites for hydroxylation is 1. The van der Waals surface area contributed by atoms with Gasteiger partial charge in [0.15, 0.2) is 11.3 Å². The molecule has 0 saturated heterocycles. The van der Waals surface area contributed by atoms with Gasteiger partial charge in [0.05, 0.1) is 12.6 Å². The number of fused-ring (bicyclic) bond motifs is 1. The van der Waals surface area contributed by atoms with Crippen molar-refractivity contribution in [2.75, 3.05) is 7.11 Å². The minimum atomic E-state index is -0.451. The van der Waals surface area contributed by atoms with Crippen LogP contribution in [0.2, 0.25) is 0 Å². The Kier molecular flexibility index (Phi) is 5.20. The average molecular weight is 264 g/mol. The van der Waals surface area contributed by atoms with Gasteiger partial charge in [-0.1, -0.05) is 0 Å². The normalized spacial score (nSPS) is 9.12. The van der Waals surface area contributed by atoms with Gasteiger partial charge in [-0.2, -0.15) is 0 Å². The van der Waals surface area contributed by atoms with Crippen molar-refractivity contribution in [2.45, 2.75) is 6.92 Å². The molecule has 16 heavy (non-hydrogen) atoms. The van der Waals surface area contributed by atoms with E-state index in [9.17, 15) is 4.79 Å². The number of hydrogen-bond acceptors (Lipinski definition) is 4. The summed E-state index contributed by atoms with van der Waals surface area (Å²) in [6.07, 6.45) is 0. The molecule has 0 atom stereocenters. The summed E-state index contributed by atoms with van der Waals surface area (Å²) in [5.74, 6) is 0.321. The maximum atomic E-state index is 11.1. The minimum Gasteiger partial charge on any atom is -0.464 e. The number of nitrogens with one attached hydrogen (secondary N) is 1. The molecule has 88 valence electrons. The number of imidazole rings is 1. The Bertz CT molecular complexity index is 498. The van der Waals surface area contributed by atoms with Crippen molar-refractivity contribution in [1.82, 2.24) is 15.0 Å². The van der Waals surface area contributed by atoms with E-state index in [0.29, 0.717) is 5.65 Å². The monoisotopic (exact) mass is 263 g/mol. The van der Waals surface area contributed by atoms with E-state index in [1.165, 1.54) is 7.11 Å². The molecule has 0 aliphatic rings. The van der Waals surface area contributed by atoms with Crippen molar-refractivity contribution in [1.29, 1.82) is 0 Å². The Hall–Kier alpha value is -1.33. The molecule has 0 unspecified atom stereocenters. The van der Waals surface area contributed by atoms with Crippen molar-refractivity contribution in [2.24, 2.45) is 0 Å². The molecule has 2 heterocycles. The lowest BCUT2D eigenvalue weighted by atomic mass is 10.3. The minimum absolute atomic E-state index is 0. The Balaban J connectivity index is 0.00000112. The van der Waals surface area contributed by atoms with E-state index >= 15 is 0 Å². The van der Waals surface area contributed by atoms with Gasteiger partial charge in [0.2, 0.25) is 0 Å². The van der Waals surface area contributed by atoms with Gasteiger partial charge in [-0.05, 0) is 19.1 Å². The molecular formula is C9H11Cl2N3O2. The van der Waals surface area contributed by atoms with Crippen LogP contribution in [0.25, 0.3) is 11.2 Å². The third kappa shape index (κ3) is 2.62. The van der Waals surface area contributed by atoms with Crippen LogP contribution >= 0.6 is 24.8 Å². The maximum Gasteiger partial charge on any atom is 0.356 e. The van der Waals surface area contributed by atoms with Gasteiger partial charge in [-0.15, -0.1) is 24.8 Å². The van der Waals surface area contributed by atoms with E-state index in [1.54, 1.807) is 12.1 Å². The zero-order valence-corrected chi connectivity index (χ0v) is 10.3. The molecule has 0 fully saturated rings. The molecule has 0 radical (unpaired) electrons. The Labute approximate surface area is 104 Å². The van der Waals surface area contributed by atoms with Crippen LogP contribution in [0.4, 0.5) is 0 Å². The van der Waals surface area contributed by atoms with Crippen LogP contribution < -0.4 is 0 Å². The number of ether oxygens (including phenoxy) is 1. The lowest BCUT2D eigenvalue weighted by Gasteiger charge is -1.96. The van der Waals surface area contributed by atoms with Crippen LogP contribution in [0.15, 0.2) is 12.1 Å². The summed E-state index contributed by atoms with van der Waals surface area (Å²) in [5, 5.41) is 0. The molecule has 0 aliphatic carbocycles. The molecule has 0 saturated carbocycles. The number of carbonyl (C=O) groups excluding carboxylic acids is 1. The second-order valence-corrected chi connectivity index (χ2v) is 2.88. The van der Waals surface area contributed by atoms with Gasteiger partial charge in [-0.3, -0.25) is 0 Å². The maximum absolute atomic E-state index is 11.1. The molecule has 0 aromatic carbocycles. The van der Waals surface area contributed by atoms with E-state index in [1.807, 2.05) is 6.92 Å². The number of aromatic nitrogens is 3. The Morgan fingerprint density at radius 2 is 2.00 bits per heavy atom. The number of H-pyrrole nitrogens is 1. The van der Waals surface area contributed by atoms with Crippen LogP contribution in [0.5, 0.6) is 0 Å². The first kappa shape index (κ1) is 14.7. The number of aromatic amines is 1. The number of methoxy groups -OCH3 is 1. The smallest absolute Gasteiger partial charge is 0.356 e. The fourth-order valence-electron chi connectivity index (χ4n) is 1.23. The van der Waals surface area contributed by atoms with Gasteiger partial charge in [-0.25, -0.2) is 14.8 Å². The molecule has 0 bridgehead atoms. The molecule has 0 amide bonds. The highest BCUT2D eigenvalue weighted by Crippen LogP contribution is 2.09. The fourth-order valence-corrected chi connectivity index (χ4v) is 1.23. The van der Waals surface area contributed by atoms with Crippen molar-refractivity contribution in [3.05, 3.63) is 23.7 Å². The molecule has 2 rings (SSSR count). The summed E-state index contributed by atoms with van der Waals surface area (Å²) in [4.78, 5) is 22.3. The van der Waals surface area contributed by atoms with E-state index < -0.39 is 5.97 Å². The highest BCUT2D eigenvalue weighted by atomic mass is 35.5. The lowest BCUT2D eigenvalue weighted by Crippen LogP contribution is -2.03. The Morgan fingerprint density at radius 1 is 1.31 bits per heavy atom. The molecule has 2 aromatic heterocycles. The first-order valence-corrected chi connectivity index (χ1v) is 4.12. The first-order chi connectivity index (χ1) is 6.70. The van der Waals surface area contributed by atoms with Crippen molar-refractivity contribution < 1.29 is 9.53 Å². The van der Waals surface area contributed by atoms with Crippen LogP contribution in [0, 0.1) is 6.92 Å². The molecule has 7 heteroatoms. The first-order valence-electron chi connectivity index (χ1n) is 4.12. The second-order valence-electron chi connectivity index (χ2n) is 2.88. The quantitative estimate of drug-likeness (QED) is 0.799. The largest absolute Gasteiger partial charge is 0.464 e. The number of rotatable bonds is 1. The predicted octanol–water partition coefficient (Wildman–Crippen LogP) is 1.90. The molecule has 1 N–H and O–H groups in total. The third-order valence-electron chi connectivity index (χ3n) is 1.86. The molecule has 0 aliphatic heterocycles. The SMILES string of the molecule is COC(=O)c1ccc2[nH]c(C)nc2n1.Cl.Cl. The van der Waals surface area contributed by atoms with Gasteiger partial charge in [0.1, 0.15) is 5.82 Å². The number of carbonyl (C=O) groups is 1. The highest BCUT2D eigenvalue weighted by molar-refractivity contribution is 5.89. The zero-order chi connectivity index (χ0) is 10.1. The van der Waals surface area contributed by atoms with E-state index in [4.69, 9.17) is 0 Å². The van der Waals surface area contributed by atoms with Crippen molar-refractivity contribution >= 4 is 41.9 Å². The number of hydrogen-bond donors (Lipinski definition) is 1. The van der Waals surface area contributed by atoms with Gasteiger partial charge in [0, 0.05) is 0 Å². The standard InChI is InChI=1S/C9H9N3O2.2ClH/c1-5-10-6-3-4-7(9(13)14-2)12-8(6)11-5;;/h3-4H,1-2H3,(H,10,11,12);2*1H. The second kappa shape index (κ2) is 5.67. The lowest BCUT2D eigenvalue weighted by molar-refractivity contribution is 0.0594. The van der Waals surface area contributed by atoms with Crippen LogP contribution in [-0.2, 0) is 4.74 Å². The summed E-state index contributed by atoms with van der Waals surface area (Å²) in [5.41, 5.74) is 1.62. The van der Waals surface area contributed by atoms with Crippen LogP contribution in [-0.4, -0.2) is 28.0 Å². The number of nitrogens with zero attached hydrogens (tertiary/aromatic N) is 2. The summed E-state index contributed by atoms with van der Waals surface area (Å²) in [6.45, 7) is 1.83. The van der Waals surface area contributed by atoms with E-state index in [-0.39, 0.29) is 30.5 Å². The summed E-state index contributed by atoms with van der Waals surface area (Å²) < 4.78 is 4.55. The number of halogens is 2. The topological polar surface area (TPSA) is 67.9 Å². The average Bonchev–Trinajstić information content (AvgIpc) is 2.55. The highest BCUT2D eigenvalue weighted by Gasteiger charge is 2.09. The Morgan fingerprint density at radius 3 is 2.62 bits per heavy atom. The summed E-state index contributed by atoms with van der Waals surface area (Å²) in [6, 6.07) is 3.36. The van der Waals surface area contributed by atoms with Crippen LogP contribution in [0.1, 0.15) is 16.3 Å². The van der Waals surface area contributed by atoms with Crippen molar-refractivity contribution in [3.63, 3.8) is 0 Å². The van der Waals surface area contributed by atoms with Gasteiger partial charge >= 0.3 is 5.97 Å². The van der Waals surface area contributed by atoms with Gasteiger partial charge < -0.3 is 9.72 Å². The molecule has 0 spiro atoms. The fraction of sp³-hybridized carbons (Fsp3) is 0.222. The number of pyridine rings is 1. The molecular weight excluding hydrogens is 253 g/mol. The van der Waals surface area contributed by atoms with E-state index in [0.717, 1.165) is 11.3 Å².